The largest absolute Gasteiger partial charge is 0.505 e. The van der Waals surface area contributed by atoms with Gasteiger partial charge in [-0.25, -0.2) is 13.7 Å². The molecule has 4 aromatic carbocycles. The maximum Gasteiger partial charge on any atom is 0.433 e. The molecule has 0 aliphatic heterocycles. The lowest BCUT2D eigenvalue weighted by molar-refractivity contribution is -0.432. The summed E-state index contributed by atoms with van der Waals surface area (Å²) in [6.07, 6.45) is 1.89. The lowest BCUT2D eigenvalue weighted by Crippen LogP contribution is -2.11. The molecule has 0 spiro atoms. The molecule has 6 N–H and O–H groups in total. The Kier molecular flexibility index (Phi) is 14.1. The Bertz CT molecular complexity index is 2490. The van der Waals surface area contributed by atoms with Gasteiger partial charge in [0, 0.05) is 17.3 Å². The van der Waals surface area contributed by atoms with Crippen LogP contribution in [0.5, 0.6) is 11.5 Å². The van der Waals surface area contributed by atoms with Gasteiger partial charge in [0.15, 0.2) is 21.7 Å². The van der Waals surface area contributed by atoms with Crippen LogP contribution in [0, 0.1) is 11.4 Å². The molecule has 288 valence electrons. The van der Waals surface area contributed by atoms with Gasteiger partial charge in [-0.15, -0.1) is 19.7 Å². The molecule has 54 heavy (non-hydrogen) atoms. The maximum atomic E-state index is 12.8. The normalized spacial score (nSPS) is 12.3. The first-order valence-corrected chi connectivity index (χ1v) is 20.1. The Labute approximate surface area is 314 Å². The monoisotopic (exact) mass is 847 g/mol. The molecule has 0 aromatic heterocycles. The topological polar surface area (TPSA) is 314 Å². The number of hydrogen-bond donors (Lipinski definition) is 5. The number of benzene rings is 4. The molecule has 0 saturated heterocycles. The van der Waals surface area contributed by atoms with Crippen LogP contribution in [0.3, 0.4) is 0 Å². The zero-order chi connectivity index (χ0) is 39.7. The van der Waals surface area contributed by atoms with Gasteiger partial charge in [-0.2, -0.15) is 21.9 Å². The molecule has 0 radical (unpaired) electrons. The second-order valence-electron chi connectivity index (χ2n) is 9.93. The van der Waals surface area contributed by atoms with Crippen LogP contribution < -0.4 is 10.5 Å². The molecule has 4 rings (SSSR count). The fourth-order valence-electron chi connectivity index (χ4n) is 4.22. The minimum atomic E-state index is -5.12. The third-order valence-corrected chi connectivity index (χ3v) is 10.6. The number of nitrogens with zero attached hydrogens (tertiary/aromatic N) is 4. The highest BCUT2D eigenvalue weighted by atomic mass is 32.3. The number of ether oxygens (including phenoxy) is 2. The van der Waals surface area contributed by atoms with Gasteiger partial charge in [0.1, 0.15) is 27.7 Å². The summed E-state index contributed by atoms with van der Waals surface area (Å²) < 4.78 is 108. The van der Waals surface area contributed by atoms with Crippen molar-refractivity contribution in [3.05, 3.63) is 54.6 Å². The predicted molar refractivity (Wildman–Crippen MR) is 190 cm³/mol. The van der Waals surface area contributed by atoms with Crippen molar-refractivity contribution in [2.45, 2.75) is 19.6 Å². The van der Waals surface area contributed by atoms with E-state index in [0.29, 0.717) is 16.9 Å². The average molecular weight is 848 g/mol. The number of phenols is 1. The summed E-state index contributed by atoms with van der Waals surface area (Å²) in [7, 11) is -11.2. The van der Waals surface area contributed by atoms with E-state index < -0.39 is 46.7 Å². The molecule has 0 unspecified atom stereocenters. The summed E-state index contributed by atoms with van der Waals surface area (Å²) in [4.78, 5) is 3.41. The minimum absolute atomic E-state index is 0.0203. The van der Waals surface area contributed by atoms with Gasteiger partial charge in [-0.05, 0) is 76.1 Å². The molecular formula is C28H25N5O16S5. The lowest BCUT2D eigenvalue weighted by Gasteiger charge is -2.14. The molecule has 0 aliphatic rings. The van der Waals surface area contributed by atoms with Crippen LogP contribution >= 0.6 is 23.8 Å². The molecule has 26 heteroatoms. The fourth-order valence-corrected chi connectivity index (χ4v) is 7.16. The second-order valence-corrected chi connectivity index (χ2v) is 16.0. The van der Waals surface area contributed by atoms with Crippen LogP contribution in [0.15, 0.2) is 94.6 Å². The van der Waals surface area contributed by atoms with Crippen LogP contribution in [-0.4, -0.2) is 71.3 Å². The third kappa shape index (κ3) is 11.0. The highest BCUT2D eigenvalue weighted by Crippen LogP contribution is 2.49. The first-order valence-electron chi connectivity index (χ1n) is 14.1. The Hall–Kier alpha value is -4.63. The van der Waals surface area contributed by atoms with Gasteiger partial charge in [0.05, 0.1) is 58.1 Å². The van der Waals surface area contributed by atoms with Crippen LogP contribution in [0.2, 0.25) is 0 Å². The Balaban J connectivity index is 1.80. The molecule has 21 nitrogen and oxygen atoms in total. The average Bonchev–Trinajstić information content (AvgIpc) is 3.11. The van der Waals surface area contributed by atoms with Crippen molar-refractivity contribution in [3.63, 3.8) is 0 Å². The quantitative estimate of drug-likeness (QED) is 0.0129. The fraction of sp³-hybridized carbons (Fsp3) is 0.143. The summed E-state index contributed by atoms with van der Waals surface area (Å²) in [6.45, 7) is -0.101. The van der Waals surface area contributed by atoms with Crippen molar-refractivity contribution in [1.29, 1.82) is 0 Å². The molecule has 0 bridgehead atoms. The van der Waals surface area contributed by atoms with Gasteiger partial charge in [0.2, 0.25) is 0 Å². The van der Waals surface area contributed by atoms with Crippen LogP contribution in [0.4, 0.5) is 28.4 Å². The zero-order valence-corrected chi connectivity index (χ0v) is 31.3. The Morgan fingerprint density at radius 2 is 1.59 bits per heavy atom. The SMILES string of the molecule is COCCS(=O)(=O)c1ccc(OC)c(N=Nc2c(S(=O)(=O)O)cc3cc(SOOO)c(N=Nc4ccc(SC#COOS(=O)(=O)O)cc4)c(N)c3c2O)c1. The Morgan fingerprint density at radius 1 is 0.889 bits per heavy atom. The third-order valence-electron chi connectivity index (χ3n) is 6.54. The van der Waals surface area contributed by atoms with E-state index in [2.05, 4.69) is 44.3 Å². The van der Waals surface area contributed by atoms with Gasteiger partial charge < -0.3 is 20.3 Å². The molecule has 4 aromatic rings. The Morgan fingerprint density at radius 3 is 2.22 bits per heavy atom. The number of azo groups is 2. The van der Waals surface area contributed by atoms with E-state index in [0.717, 1.165) is 23.9 Å². The smallest absolute Gasteiger partial charge is 0.433 e. The number of nitrogen functional groups attached to an aromatic ring is 1. The number of thioether (sulfide) groups is 1. The van der Waals surface area contributed by atoms with Gasteiger partial charge >= 0.3 is 10.4 Å². The maximum absolute atomic E-state index is 12.8. The number of anilines is 1. The van der Waals surface area contributed by atoms with E-state index in [9.17, 15) is 34.9 Å². The van der Waals surface area contributed by atoms with Crippen LogP contribution in [0.25, 0.3) is 10.8 Å². The summed E-state index contributed by atoms with van der Waals surface area (Å²) in [5, 5.41) is 41.9. The highest BCUT2D eigenvalue weighted by Gasteiger charge is 2.26. The van der Waals surface area contributed by atoms with E-state index in [4.69, 9.17) is 25.0 Å². The summed E-state index contributed by atoms with van der Waals surface area (Å²) in [5.41, 5.74) is 5.17. The van der Waals surface area contributed by atoms with E-state index >= 15 is 0 Å². The molecule has 0 saturated carbocycles. The molecular weight excluding hydrogens is 823 g/mol. The number of rotatable bonds is 16. The number of phenolic OH excluding ortho intramolecular Hbond substituents is 1. The molecule has 0 amide bonds. The number of nitrogens with two attached hydrogens (primary N) is 1. The van der Waals surface area contributed by atoms with Crippen LogP contribution in [0.1, 0.15) is 0 Å². The van der Waals surface area contributed by atoms with E-state index in [1.165, 1.54) is 44.6 Å². The van der Waals surface area contributed by atoms with E-state index in [-0.39, 0.29) is 61.4 Å². The first-order chi connectivity index (χ1) is 25.5. The van der Waals surface area contributed by atoms with Crippen molar-refractivity contribution in [2.24, 2.45) is 20.5 Å². The van der Waals surface area contributed by atoms with Gasteiger partial charge in [0.25, 0.3) is 10.1 Å². The lowest BCUT2D eigenvalue weighted by atomic mass is 10.1. The van der Waals surface area contributed by atoms with Crippen LogP contribution in [-0.2, 0) is 53.7 Å². The van der Waals surface area contributed by atoms with Crippen molar-refractivity contribution in [1.82, 2.24) is 0 Å². The van der Waals surface area contributed by atoms with Crippen molar-refractivity contribution in [3.8, 4) is 22.9 Å². The standard InChI is InChI=1S/C28H25N5O16S5/c1-44-10-12-52(36,37)19-7-8-21(45-2)20(15-19)31-33-27-23(53(38,39)40)14-16-13-22(51-48-47-35)26(25(29)24(16)28(27)34)32-30-17-3-5-18(6-4-17)50-11-9-46-49-54(41,42)43/h3-8,13-15,34-35H,10,12,29H2,1-2H3,(H,38,39,40)(H,41,42,43). The molecule has 0 heterocycles. The van der Waals surface area contributed by atoms with Gasteiger partial charge in [-0.1, -0.05) is 5.04 Å². The number of fused-ring (bicyclic) bond motifs is 1. The van der Waals surface area contributed by atoms with Crippen molar-refractivity contribution < 1.29 is 72.8 Å². The first kappa shape index (κ1) is 42.1. The molecule has 0 atom stereocenters. The summed E-state index contributed by atoms with van der Waals surface area (Å²) in [6, 6.07) is 11.8. The number of methoxy groups -OCH3 is 2. The zero-order valence-electron chi connectivity index (χ0n) is 27.2. The van der Waals surface area contributed by atoms with Gasteiger partial charge in [-0.3, -0.25) is 14.0 Å². The summed E-state index contributed by atoms with van der Waals surface area (Å²) in [5.74, 6) is -1.24. The minimum Gasteiger partial charge on any atom is -0.505 e. The van der Waals surface area contributed by atoms with E-state index in [1.807, 2.05) is 6.11 Å². The number of aromatic hydroxyl groups is 1. The predicted octanol–water partition coefficient (Wildman–Crippen LogP) is 5.82. The summed E-state index contributed by atoms with van der Waals surface area (Å²) >= 11 is 1.25. The number of sulfone groups is 1. The van der Waals surface area contributed by atoms with Crippen molar-refractivity contribution >= 4 is 93.4 Å². The number of hydrogen-bond acceptors (Lipinski definition) is 21. The van der Waals surface area contributed by atoms with E-state index in [1.54, 1.807) is 12.1 Å². The second kappa shape index (κ2) is 18.1. The van der Waals surface area contributed by atoms with Crippen molar-refractivity contribution in [2.75, 3.05) is 32.3 Å². The highest BCUT2D eigenvalue weighted by molar-refractivity contribution is 8.04. The molecule has 0 fully saturated rings. The molecule has 0 aliphatic carbocycles.